The Kier molecular flexibility index (Phi) is 5.76. The number of nitrogens with one attached hydrogen (secondary N) is 1. The van der Waals surface area contributed by atoms with Crippen LogP contribution >= 0.6 is 0 Å². The number of hydrogen-bond donors (Lipinski definition) is 1. The van der Waals surface area contributed by atoms with Crippen LogP contribution in [0, 0.1) is 0 Å². The molecule has 1 unspecified atom stereocenters. The van der Waals surface area contributed by atoms with E-state index >= 15 is 0 Å². The summed E-state index contributed by atoms with van der Waals surface area (Å²) in [6, 6.07) is 12.1. The number of benzene rings is 1. The molecule has 2 aromatic heterocycles. The Balaban J connectivity index is 1.40. The molecule has 0 spiro atoms. The van der Waals surface area contributed by atoms with Crippen LogP contribution in [0.25, 0.3) is 10.9 Å². The standard InChI is InChI=1S/C21H23N5O3S/c1-16(21(27)24-20-8-2-7-19-18(20)6-4-10-23-19)25-11-13-26(14-12-25)30(28,29)17-5-3-9-22-15-17/h2-10,15-16H,11-14H2,1H3,(H,24,27). The first kappa shape index (κ1) is 20.4. The van der Waals surface area contributed by atoms with Crippen molar-refractivity contribution >= 4 is 32.5 Å². The largest absolute Gasteiger partial charge is 0.324 e. The van der Waals surface area contributed by atoms with Gasteiger partial charge in [-0.3, -0.25) is 19.7 Å². The molecule has 1 aliphatic heterocycles. The second-order valence-electron chi connectivity index (χ2n) is 7.17. The molecular formula is C21H23N5O3S. The van der Waals surface area contributed by atoms with E-state index in [1.54, 1.807) is 24.5 Å². The first-order chi connectivity index (χ1) is 14.5. The number of nitrogens with zero attached hydrogens (tertiary/aromatic N) is 4. The fourth-order valence-corrected chi connectivity index (χ4v) is 4.98. The first-order valence-corrected chi connectivity index (χ1v) is 11.2. The summed E-state index contributed by atoms with van der Waals surface area (Å²) >= 11 is 0. The van der Waals surface area contributed by atoms with E-state index in [0.717, 1.165) is 16.6 Å². The molecule has 3 aromatic rings. The summed E-state index contributed by atoms with van der Waals surface area (Å²) in [6.07, 6.45) is 4.62. The molecule has 1 fully saturated rings. The topological polar surface area (TPSA) is 95.5 Å². The Morgan fingerprint density at radius 1 is 1.03 bits per heavy atom. The molecule has 8 nitrogen and oxygen atoms in total. The summed E-state index contributed by atoms with van der Waals surface area (Å²) in [6.45, 7) is 3.44. The van der Waals surface area contributed by atoms with Crippen LogP contribution in [-0.2, 0) is 14.8 Å². The number of anilines is 1. The average molecular weight is 426 g/mol. The second kappa shape index (κ2) is 8.47. The molecule has 4 rings (SSSR count). The summed E-state index contributed by atoms with van der Waals surface area (Å²) in [7, 11) is -3.57. The Labute approximate surface area is 175 Å². The van der Waals surface area contributed by atoms with E-state index < -0.39 is 10.0 Å². The van der Waals surface area contributed by atoms with Crippen molar-refractivity contribution in [3.8, 4) is 0 Å². The van der Waals surface area contributed by atoms with Crippen LogP contribution in [0.4, 0.5) is 5.69 Å². The minimum atomic E-state index is -3.57. The van der Waals surface area contributed by atoms with Gasteiger partial charge >= 0.3 is 0 Å². The van der Waals surface area contributed by atoms with Crippen molar-refractivity contribution in [1.82, 2.24) is 19.2 Å². The van der Waals surface area contributed by atoms with E-state index in [1.807, 2.05) is 42.2 Å². The zero-order valence-corrected chi connectivity index (χ0v) is 17.4. The van der Waals surface area contributed by atoms with Crippen molar-refractivity contribution in [3.63, 3.8) is 0 Å². The van der Waals surface area contributed by atoms with E-state index in [2.05, 4.69) is 15.3 Å². The zero-order valence-electron chi connectivity index (χ0n) is 16.6. The number of pyridine rings is 2. The maximum Gasteiger partial charge on any atom is 0.244 e. The summed E-state index contributed by atoms with van der Waals surface area (Å²) < 4.78 is 26.9. The van der Waals surface area contributed by atoms with E-state index in [4.69, 9.17) is 0 Å². The Hall–Kier alpha value is -2.88. The van der Waals surface area contributed by atoms with Gasteiger partial charge in [-0.1, -0.05) is 6.07 Å². The minimum absolute atomic E-state index is 0.130. The summed E-state index contributed by atoms with van der Waals surface area (Å²) in [5, 5.41) is 3.87. The van der Waals surface area contributed by atoms with Crippen LogP contribution in [0.2, 0.25) is 0 Å². The smallest absolute Gasteiger partial charge is 0.244 e. The lowest BCUT2D eigenvalue weighted by Gasteiger charge is -2.36. The molecule has 1 aromatic carbocycles. The average Bonchev–Trinajstić information content (AvgIpc) is 2.79. The highest BCUT2D eigenvalue weighted by Crippen LogP contribution is 2.22. The first-order valence-electron chi connectivity index (χ1n) is 9.75. The number of aromatic nitrogens is 2. The van der Waals surface area contributed by atoms with Gasteiger partial charge in [0.2, 0.25) is 15.9 Å². The molecule has 9 heteroatoms. The Morgan fingerprint density at radius 3 is 2.53 bits per heavy atom. The SMILES string of the molecule is CC(C(=O)Nc1cccc2ncccc12)N1CCN(S(=O)(=O)c2cccnc2)CC1. The molecule has 1 aliphatic rings. The number of carbonyl (C=O) groups excluding carboxylic acids is 1. The number of carbonyl (C=O) groups is 1. The molecule has 3 heterocycles. The van der Waals surface area contributed by atoms with Crippen molar-refractivity contribution in [2.75, 3.05) is 31.5 Å². The van der Waals surface area contributed by atoms with Crippen molar-refractivity contribution in [3.05, 3.63) is 61.1 Å². The molecule has 1 amide bonds. The summed E-state index contributed by atoms with van der Waals surface area (Å²) in [5.41, 5.74) is 1.53. The molecule has 30 heavy (non-hydrogen) atoms. The van der Waals surface area contributed by atoms with Crippen LogP contribution in [0.3, 0.4) is 0 Å². The minimum Gasteiger partial charge on any atom is -0.324 e. The van der Waals surface area contributed by atoms with Gasteiger partial charge in [-0.05, 0) is 43.3 Å². The van der Waals surface area contributed by atoms with Gasteiger partial charge in [-0.15, -0.1) is 0 Å². The van der Waals surface area contributed by atoms with Crippen LogP contribution in [0.5, 0.6) is 0 Å². The Morgan fingerprint density at radius 2 is 1.80 bits per heavy atom. The van der Waals surface area contributed by atoms with Crippen LogP contribution < -0.4 is 5.32 Å². The van der Waals surface area contributed by atoms with Gasteiger partial charge in [-0.2, -0.15) is 4.31 Å². The fourth-order valence-electron chi connectivity index (χ4n) is 3.60. The number of piperazine rings is 1. The fraction of sp³-hybridized carbons (Fsp3) is 0.286. The van der Waals surface area contributed by atoms with Gasteiger partial charge in [-0.25, -0.2) is 8.42 Å². The van der Waals surface area contributed by atoms with Gasteiger partial charge in [0.25, 0.3) is 0 Å². The van der Waals surface area contributed by atoms with Crippen molar-refractivity contribution < 1.29 is 13.2 Å². The molecule has 1 saturated heterocycles. The molecule has 0 saturated carbocycles. The number of fused-ring (bicyclic) bond motifs is 1. The number of sulfonamides is 1. The van der Waals surface area contributed by atoms with E-state index in [0.29, 0.717) is 26.2 Å². The van der Waals surface area contributed by atoms with Crippen LogP contribution in [0.15, 0.2) is 66.0 Å². The molecular weight excluding hydrogens is 402 g/mol. The number of amides is 1. The van der Waals surface area contributed by atoms with Crippen molar-refractivity contribution in [2.24, 2.45) is 0 Å². The lowest BCUT2D eigenvalue weighted by atomic mass is 10.1. The molecule has 156 valence electrons. The zero-order chi connectivity index (χ0) is 21.1. The van der Waals surface area contributed by atoms with Gasteiger partial charge < -0.3 is 5.32 Å². The predicted molar refractivity (Wildman–Crippen MR) is 114 cm³/mol. The molecule has 0 bridgehead atoms. The molecule has 1 N–H and O–H groups in total. The highest BCUT2D eigenvalue weighted by Gasteiger charge is 2.32. The van der Waals surface area contributed by atoms with Crippen LogP contribution in [-0.4, -0.2) is 65.7 Å². The van der Waals surface area contributed by atoms with Crippen molar-refractivity contribution in [1.29, 1.82) is 0 Å². The van der Waals surface area contributed by atoms with Crippen LogP contribution in [0.1, 0.15) is 6.92 Å². The third kappa shape index (κ3) is 4.04. The van der Waals surface area contributed by atoms with Gasteiger partial charge in [0.15, 0.2) is 0 Å². The van der Waals surface area contributed by atoms with Gasteiger partial charge in [0.1, 0.15) is 4.90 Å². The third-order valence-corrected chi connectivity index (χ3v) is 7.26. The summed E-state index contributed by atoms with van der Waals surface area (Å²) in [5.74, 6) is -0.130. The van der Waals surface area contributed by atoms with E-state index in [-0.39, 0.29) is 16.8 Å². The highest BCUT2D eigenvalue weighted by molar-refractivity contribution is 7.89. The highest BCUT2D eigenvalue weighted by atomic mass is 32.2. The quantitative estimate of drug-likeness (QED) is 0.671. The third-order valence-electron chi connectivity index (χ3n) is 5.38. The number of hydrogen-bond acceptors (Lipinski definition) is 6. The Bertz CT molecular complexity index is 1140. The maximum absolute atomic E-state index is 12.8. The van der Waals surface area contributed by atoms with E-state index in [9.17, 15) is 13.2 Å². The normalized spacial score (nSPS) is 17.0. The number of rotatable bonds is 5. The lowest BCUT2D eigenvalue weighted by molar-refractivity contribution is -0.121. The van der Waals surface area contributed by atoms with Crippen molar-refractivity contribution in [2.45, 2.75) is 17.9 Å². The monoisotopic (exact) mass is 425 g/mol. The molecule has 1 atom stereocenters. The maximum atomic E-state index is 12.8. The predicted octanol–water partition coefficient (Wildman–Crippen LogP) is 1.96. The van der Waals surface area contributed by atoms with Gasteiger partial charge in [0, 0.05) is 50.2 Å². The second-order valence-corrected chi connectivity index (χ2v) is 9.11. The van der Waals surface area contributed by atoms with Gasteiger partial charge in [0.05, 0.1) is 17.2 Å². The molecule has 0 radical (unpaired) electrons. The lowest BCUT2D eigenvalue weighted by Crippen LogP contribution is -2.53. The summed E-state index contributed by atoms with van der Waals surface area (Å²) in [4.78, 5) is 23.2. The van der Waals surface area contributed by atoms with E-state index in [1.165, 1.54) is 10.5 Å². The molecule has 0 aliphatic carbocycles.